The highest BCUT2D eigenvalue weighted by Crippen LogP contribution is 2.32. The number of carbonyl (C=O) groups is 1. The number of carbonyl (C=O) groups excluding carboxylic acids is 1. The summed E-state index contributed by atoms with van der Waals surface area (Å²) in [5.74, 6) is -0.0106. The van der Waals surface area contributed by atoms with Crippen molar-refractivity contribution in [3.63, 3.8) is 0 Å². The Kier molecular flexibility index (Phi) is 6.39. The molecule has 39 heavy (non-hydrogen) atoms. The summed E-state index contributed by atoms with van der Waals surface area (Å²) in [6.07, 6.45) is 5.16. The minimum atomic E-state index is -0.411. The van der Waals surface area contributed by atoms with Gasteiger partial charge in [0.25, 0.3) is 5.56 Å². The second kappa shape index (κ2) is 10.3. The first-order valence-electron chi connectivity index (χ1n) is 12.6. The molecule has 0 unspecified atom stereocenters. The average molecular weight is 516 g/mol. The largest absolute Gasteiger partial charge is 0.444 e. The van der Waals surface area contributed by atoms with E-state index >= 15 is 0 Å². The summed E-state index contributed by atoms with van der Waals surface area (Å²) in [7, 11) is 0. The van der Waals surface area contributed by atoms with E-state index in [1.165, 1.54) is 11.7 Å². The molecule has 7 heteroatoms. The fourth-order valence-corrected chi connectivity index (χ4v) is 4.94. The van der Waals surface area contributed by atoms with Gasteiger partial charge in [-0.1, -0.05) is 72.8 Å². The number of oxazole rings is 1. The number of benzene rings is 3. The normalized spacial score (nSPS) is 11.2. The molecular formula is C32H25N3O4. The Morgan fingerprint density at radius 2 is 1.59 bits per heavy atom. The summed E-state index contributed by atoms with van der Waals surface area (Å²) in [6, 6.07) is 31.5. The van der Waals surface area contributed by atoms with Crippen LogP contribution in [0.1, 0.15) is 35.2 Å². The maximum absolute atomic E-state index is 12.9. The first-order valence-corrected chi connectivity index (χ1v) is 12.6. The third kappa shape index (κ3) is 4.90. The molecule has 0 fully saturated rings. The van der Waals surface area contributed by atoms with Crippen molar-refractivity contribution < 1.29 is 14.0 Å². The molecule has 3 aromatic carbocycles. The van der Waals surface area contributed by atoms with E-state index in [0.29, 0.717) is 11.6 Å². The maximum Gasteiger partial charge on any atom is 0.329 e. The molecule has 0 saturated heterocycles. The zero-order valence-electron chi connectivity index (χ0n) is 21.2. The van der Waals surface area contributed by atoms with Crippen LogP contribution in [0.25, 0.3) is 22.4 Å². The van der Waals surface area contributed by atoms with E-state index < -0.39 is 5.97 Å². The Balaban J connectivity index is 1.33. The van der Waals surface area contributed by atoms with Crippen molar-refractivity contribution in [3.8, 4) is 11.5 Å². The third-order valence-corrected chi connectivity index (χ3v) is 6.64. The third-order valence-electron chi connectivity index (χ3n) is 6.64. The standard InChI is InChI=1S/C32H25N3O4/c1-22(36)39-35-18-17-27-28(13-8-14-29(27)35)32-33-26(21-38-32)20-34-19-25(15-16-30(34)37)31(23-9-4-2-5-10-23)24-11-6-3-7-12-24/h2-19,21,31H,20H2,1H3. The molecule has 0 spiro atoms. The molecule has 0 N–H and O–H groups in total. The van der Waals surface area contributed by atoms with E-state index in [1.54, 1.807) is 23.1 Å². The van der Waals surface area contributed by atoms with Crippen molar-refractivity contribution in [1.29, 1.82) is 0 Å². The van der Waals surface area contributed by atoms with Crippen LogP contribution in [0.2, 0.25) is 0 Å². The van der Waals surface area contributed by atoms with Gasteiger partial charge >= 0.3 is 5.97 Å². The Morgan fingerprint density at radius 1 is 0.872 bits per heavy atom. The minimum Gasteiger partial charge on any atom is -0.444 e. The molecule has 0 aliphatic carbocycles. The van der Waals surface area contributed by atoms with Crippen LogP contribution in [-0.4, -0.2) is 20.3 Å². The molecular weight excluding hydrogens is 490 g/mol. The molecule has 0 saturated carbocycles. The van der Waals surface area contributed by atoms with Gasteiger partial charge < -0.3 is 13.8 Å². The Bertz CT molecular complexity index is 1780. The predicted molar refractivity (Wildman–Crippen MR) is 148 cm³/mol. The lowest BCUT2D eigenvalue weighted by molar-refractivity contribution is -0.140. The zero-order valence-corrected chi connectivity index (χ0v) is 21.2. The summed E-state index contributed by atoms with van der Waals surface area (Å²) < 4.78 is 8.92. The Labute approximate surface area is 224 Å². The number of nitrogens with zero attached hydrogens (tertiary/aromatic N) is 3. The van der Waals surface area contributed by atoms with Crippen LogP contribution in [0, 0.1) is 0 Å². The van der Waals surface area contributed by atoms with Crippen molar-refractivity contribution >= 4 is 16.9 Å². The van der Waals surface area contributed by atoms with Gasteiger partial charge in [-0.2, -0.15) is 4.73 Å². The number of rotatable bonds is 7. The summed E-state index contributed by atoms with van der Waals surface area (Å²) in [5.41, 5.74) is 5.28. The van der Waals surface area contributed by atoms with Gasteiger partial charge in [-0.15, -0.1) is 0 Å². The highest BCUT2D eigenvalue weighted by atomic mass is 16.7. The average Bonchev–Trinajstić information content (AvgIpc) is 3.59. The number of aromatic nitrogens is 3. The van der Waals surface area contributed by atoms with Crippen LogP contribution in [0.4, 0.5) is 0 Å². The van der Waals surface area contributed by atoms with Crippen LogP contribution in [0.3, 0.4) is 0 Å². The van der Waals surface area contributed by atoms with Gasteiger partial charge in [-0.3, -0.25) is 4.79 Å². The van der Waals surface area contributed by atoms with Crippen LogP contribution in [0.5, 0.6) is 0 Å². The van der Waals surface area contributed by atoms with Gasteiger partial charge in [-0.05, 0) is 34.9 Å². The molecule has 7 nitrogen and oxygen atoms in total. The van der Waals surface area contributed by atoms with E-state index in [4.69, 9.17) is 9.25 Å². The highest BCUT2D eigenvalue weighted by Gasteiger charge is 2.18. The van der Waals surface area contributed by atoms with Crippen LogP contribution in [0.15, 0.2) is 125 Å². The quantitative estimate of drug-likeness (QED) is 0.274. The van der Waals surface area contributed by atoms with E-state index in [0.717, 1.165) is 33.2 Å². The van der Waals surface area contributed by atoms with E-state index in [9.17, 15) is 9.59 Å². The van der Waals surface area contributed by atoms with Crippen molar-refractivity contribution in [2.75, 3.05) is 0 Å². The molecule has 0 amide bonds. The van der Waals surface area contributed by atoms with Crippen molar-refractivity contribution in [3.05, 3.63) is 148 Å². The van der Waals surface area contributed by atoms with Gasteiger partial charge in [0.15, 0.2) is 0 Å². The SMILES string of the molecule is CC(=O)On1ccc2c(-c3nc(Cn4cc(C(c5ccccc5)c5ccccc5)ccc4=O)co3)cccc21. The van der Waals surface area contributed by atoms with Gasteiger partial charge in [0.2, 0.25) is 5.89 Å². The number of fused-ring (bicyclic) bond motifs is 1. The first-order chi connectivity index (χ1) is 19.1. The molecule has 6 rings (SSSR count). The highest BCUT2D eigenvalue weighted by molar-refractivity contribution is 5.93. The van der Waals surface area contributed by atoms with Gasteiger partial charge in [0.1, 0.15) is 6.26 Å². The topological polar surface area (TPSA) is 79.3 Å². The Hall–Kier alpha value is -5.17. The monoisotopic (exact) mass is 515 g/mol. The zero-order chi connectivity index (χ0) is 26.8. The van der Waals surface area contributed by atoms with Crippen LogP contribution in [-0.2, 0) is 11.3 Å². The van der Waals surface area contributed by atoms with Gasteiger partial charge in [0.05, 0.1) is 17.8 Å². The minimum absolute atomic E-state index is 0.0222. The molecule has 0 aliphatic rings. The van der Waals surface area contributed by atoms with Crippen LogP contribution >= 0.6 is 0 Å². The van der Waals surface area contributed by atoms with E-state index in [-0.39, 0.29) is 18.0 Å². The molecule has 3 heterocycles. The van der Waals surface area contributed by atoms with Crippen molar-refractivity contribution in [2.45, 2.75) is 19.4 Å². The molecule has 192 valence electrons. The van der Waals surface area contributed by atoms with Crippen molar-refractivity contribution in [2.24, 2.45) is 0 Å². The Morgan fingerprint density at radius 3 is 2.28 bits per heavy atom. The number of hydrogen-bond acceptors (Lipinski definition) is 5. The summed E-state index contributed by atoms with van der Waals surface area (Å²) in [6.45, 7) is 1.62. The predicted octanol–water partition coefficient (Wildman–Crippen LogP) is 5.66. The second-order valence-electron chi connectivity index (χ2n) is 9.29. The molecule has 0 atom stereocenters. The summed E-state index contributed by atoms with van der Waals surface area (Å²) in [5, 5.41) is 0.833. The lowest BCUT2D eigenvalue weighted by Crippen LogP contribution is -2.21. The van der Waals surface area contributed by atoms with Crippen LogP contribution < -0.4 is 10.4 Å². The number of pyridine rings is 1. The molecule has 0 aliphatic heterocycles. The lowest BCUT2D eigenvalue weighted by Gasteiger charge is -2.19. The lowest BCUT2D eigenvalue weighted by atomic mass is 9.86. The fourth-order valence-electron chi connectivity index (χ4n) is 4.94. The molecule has 3 aromatic heterocycles. The first kappa shape index (κ1) is 24.2. The smallest absolute Gasteiger partial charge is 0.329 e. The van der Waals surface area contributed by atoms with Gasteiger partial charge in [-0.25, -0.2) is 9.78 Å². The summed E-state index contributed by atoms with van der Waals surface area (Å²) in [4.78, 5) is 34.2. The van der Waals surface area contributed by atoms with Gasteiger partial charge in [0, 0.05) is 42.3 Å². The molecule has 0 bridgehead atoms. The number of hydrogen-bond donors (Lipinski definition) is 0. The van der Waals surface area contributed by atoms with E-state index in [2.05, 4.69) is 29.2 Å². The van der Waals surface area contributed by atoms with Crippen molar-refractivity contribution in [1.82, 2.24) is 14.3 Å². The second-order valence-corrected chi connectivity index (χ2v) is 9.29. The molecule has 0 radical (unpaired) electrons. The fraction of sp³-hybridized carbons (Fsp3) is 0.0938. The molecule has 6 aromatic rings. The summed E-state index contributed by atoms with van der Waals surface area (Å²) >= 11 is 0. The van der Waals surface area contributed by atoms with E-state index in [1.807, 2.05) is 72.9 Å². The maximum atomic E-state index is 12.9.